The quantitative estimate of drug-likeness (QED) is 0.682. The fraction of sp³-hybridized carbons (Fsp3) is 0.333. The largest absolute Gasteiger partial charge is 0.381 e. The third kappa shape index (κ3) is 1.86. The molecule has 3 N–H and O–H groups in total. The van der Waals surface area contributed by atoms with Crippen LogP contribution in [0.1, 0.15) is 25.7 Å². The van der Waals surface area contributed by atoms with Crippen LogP contribution in [-0.4, -0.2) is 26.2 Å². The molecule has 1 aliphatic rings. The Labute approximate surface area is 116 Å². The van der Waals surface area contributed by atoms with Crippen molar-refractivity contribution in [1.29, 1.82) is 0 Å². The summed E-state index contributed by atoms with van der Waals surface area (Å²) in [6.07, 6.45) is 12.8. The lowest BCUT2D eigenvalue weighted by Crippen LogP contribution is -2.15. The molecule has 1 fully saturated rings. The molecule has 20 heavy (non-hydrogen) atoms. The maximum Gasteiger partial charge on any atom is 0.139 e. The van der Waals surface area contributed by atoms with Crippen molar-refractivity contribution in [2.45, 2.75) is 31.7 Å². The minimum Gasteiger partial charge on any atom is -0.381 e. The molecule has 1 saturated carbocycles. The standard InChI is InChI=1S/C15H17N5/c1-2-4-11(3-1)20-14-12-5-6-16-15(12)17-9-13(14)10-7-18-19-8-10/h5-9,11H,1-4H2,(H,18,19)(H2,16,17,20). The molecule has 3 heterocycles. The zero-order valence-electron chi connectivity index (χ0n) is 11.2. The van der Waals surface area contributed by atoms with Crippen molar-refractivity contribution in [1.82, 2.24) is 20.2 Å². The molecule has 0 atom stereocenters. The van der Waals surface area contributed by atoms with E-state index in [9.17, 15) is 0 Å². The van der Waals surface area contributed by atoms with Crippen molar-refractivity contribution in [3.05, 3.63) is 30.9 Å². The number of anilines is 1. The summed E-state index contributed by atoms with van der Waals surface area (Å²) in [6.45, 7) is 0. The van der Waals surface area contributed by atoms with Crippen molar-refractivity contribution in [2.24, 2.45) is 0 Å². The van der Waals surface area contributed by atoms with E-state index in [4.69, 9.17) is 0 Å². The number of nitrogens with zero attached hydrogens (tertiary/aromatic N) is 2. The van der Waals surface area contributed by atoms with Crippen LogP contribution in [0.4, 0.5) is 5.69 Å². The predicted octanol–water partition coefficient (Wildman–Crippen LogP) is 3.31. The molecule has 4 rings (SSSR count). The molecule has 0 unspecified atom stereocenters. The number of aromatic nitrogens is 4. The van der Waals surface area contributed by atoms with Gasteiger partial charge in [-0.25, -0.2) is 4.98 Å². The van der Waals surface area contributed by atoms with E-state index >= 15 is 0 Å². The van der Waals surface area contributed by atoms with E-state index < -0.39 is 0 Å². The summed E-state index contributed by atoms with van der Waals surface area (Å²) in [4.78, 5) is 7.68. The molecule has 5 nitrogen and oxygen atoms in total. The fourth-order valence-electron chi connectivity index (χ4n) is 3.05. The van der Waals surface area contributed by atoms with Crippen molar-refractivity contribution < 1.29 is 0 Å². The Bertz CT molecular complexity index is 707. The Kier molecular flexibility index (Phi) is 2.69. The molecular formula is C15H17N5. The highest BCUT2D eigenvalue weighted by Gasteiger charge is 2.19. The summed E-state index contributed by atoms with van der Waals surface area (Å²) in [7, 11) is 0. The van der Waals surface area contributed by atoms with Crippen LogP contribution in [0.15, 0.2) is 30.9 Å². The van der Waals surface area contributed by atoms with Crippen LogP contribution in [0.2, 0.25) is 0 Å². The number of hydrogen-bond donors (Lipinski definition) is 3. The summed E-state index contributed by atoms with van der Waals surface area (Å²) < 4.78 is 0. The first-order chi connectivity index (χ1) is 9.92. The molecule has 0 aliphatic heterocycles. The van der Waals surface area contributed by atoms with Crippen molar-refractivity contribution in [3.63, 3.8) is 0 Å². The van der Waals surface area contributed by atoms with E-state index in [1.807, 2.05) is 24.8 Å². The van der Waals surface area contributed by atoms with Crippen LogP contribution in [0.3, 0.4) is 0 Å². The van der Waals surface area contributed by atoms with Crippen molar-refractivity contribution >= 4 is 16.7 Å². The molecule has 5 heteroatoms. The van der Waals surface area contributed by atoms with Crippen LogP contribution in [0.5, 0.6) is 0 Å². The van der Waals surface area contributed by atoms with E-state index in [2.05, 4.69) is 31.5 Å². The molecule has 3 aromatic rings. The summed E-state index contributed by atoms with van der Waals surface area (Å²) in [5, 5.41) is 11.8. The van der Waals surface area contributed by atoms with E-state index in [0.717, 1.165) is 22.2 Å². The summed E-state index contributed by atoms with van der Waals surface area (Å²) in [6, 6.07) is 2.66. The third-order valence-corrected chi connectivity index (χ3v) is 4.10. The highest BCUT2D eigenvalue weighted by atomic mass is 15.1. The average Bonchev–Trinajstić information content (AvgIpc) is 3.21. The normalized spacial score (nSPS) is 16.0. The van der Waals surface area contributed by atoms with Gasteiger partial charge >= 0.3 is 0 Å². The smallest absolute Gasteiger partial charge is 0.139 e. The van der Waals surface area contributed by atoms with E-state index in [1.54, 1.807) is 0 Å². The lowest BCUT2D eigenvalue weighted by molar-refractivity contribution is 0.757. The first-order valence-electron chi connectivity index (χ1n) is 7.13. The maximum absolute atomic E-state index is 4.50. The van der Waals surface area contributed by atoms with Crippen LogP contribution in [0.25, 0.3) is 22.2 Å². The fourth-order valence-corrected chi connectivity index (χ4v) is 3.05. The number of H-pyrrole nitrogens is 2. The Morgan fingerprint density at radius 3 is 2.90 bits per heavy atom. The monoisotopic (exact) mass is 267 g/mol. The second kappa shape index (κ2) is 4.67. The van der Waals surface area contributed by atoms with Gasteiger partial charge in [-0.15, -0.1) is 0 Å². The molecule has 3 aromatic heterocycles. The summed E-state index contributed by atoms with van der Waals surface area (Å²) >= 11 is 0. The van der Waals surface area contributed by atoms with Crippen molar-refractivity contribution in [2.75, 3.05) is 5.32 Å². The minimum absolute atomic E-state index is 0.571. The second-order valence-electron chi connectivity index (χ2n) is 5.40. The molecule has 0 bridgehead atoms. The molecular weight excluding hydrogens is 250 g/mol. The van der Waals surface area contributed by atoms with Gasteiger partial charge in [0.1, 0.15) is 5.65 Å². The Morgan fingerprint density at radius 1 is 1.20 bits per heavy atom. The van der Waals surface area contributed by atoms with Crippen LogP contribution in [-0.2, 0) is 0 Å². The zero-order chi connectivity index (χ0) is 13.4. The lowest BCUT2D eigenvalue weighted by Gasteiger charge is -2.17. The topological polar surface area (TPSA) is 69.4 Å². The highest BCUT2D eigenvalue weighted by Crippen LogP contribution is 2.35. The Morgan fingerprint density at radius 2 is 2.10 bits per heavy atom. The van der Waals surface area contributed by atoms with E-state index in [1.165, 1.54) is 31.4 Å². The molecule has 0 radical (unpaired) electrons. The Hall–Kier alpha value is -2.30. The van der Waals surface area contributed by atoms with Gasteiger partial charge < -0.3 is 10.3 Å². The zero-order valence-corrected chi connectivity index (χ0v) is 11.2. The maximum atomic E-state index is 4.50. The summed E-state index contributed by atoms with van der Waals surface area (Å²) in [5.74, 6) is 0. The van der Waals surface area contributed by atoms with Gasteiger partial charge in [0, 0.05) is 41.1 Å². The van der Waals surface area contributed by atoms with Gasteiger partial charge in [0.05, 0.1) is 11.9 Å². The molecule has 0 spiro atoms. The van der Waals surface area contributed by atoms with Gasteiger partial charge in [-0.1, -0.05) is 12.8 Å². The summed E-state index contributed by atoms with van der Waals surface area (Å²) in [5.41, 5.74) is 4.28. The first kappa shape index (κ1) is 11.5. The SMILES string of the molecule is c1cc2c(NC3CCCC3)c(-c3cn[nH]c3)cnc2[nH]1. The number of hydrogen-bond acceptors (Lipinski definition) is 3. The van der Waals surface area contributed by atoms with Crippen LogP contribution < -0.4 is 5.32 Å². The van der Waals surface area contributed by atoms with Crippen molar-refractivity contribution in [3.8, 4) is 11.1 Å². The highest BCUT2D eigenvalue weighted by molar-refractivity contribution is 5.98. The van der Waals surface area contributed by atoms with Crippen LogP contribution >= 0.6 is 0 Å². The van der Waals surface area contributed by atoms with E-state index in [-0.39, 0.29) is 0 Å². The number of aromatic amines is 2. The second-order valence-corrected chi connectivity index (χ2v) is 5.40. The van der Waals surface area contributed by atoms with Gasteiger partial charge in [0.25, 0.3) is 0 Å². The number of fused-ring (bicyclic) bond motifs is 1. The van der Waals surface area contributed by atoms with Gasteiger partial charge in [-0.2, -0.15) is 5.10 Å². The molecule has 0 aromatic carbocycles. The Balaban J connectivity index is 1.84. The minimum atomic E-state index is 0.571. The number of rotatable bonds is 3. The van der Waals surface area contributed by atoms with Crippen LogP contribution in [0, 0.1) is 0 Å². The average molecular weight is 267 g/mol. The first-order valence-corrected chi connectivity index (χ1v) is 7.13. The van der Waals surface area contributed by atoms with Gasteiger partial charge in [-0.05, 0) is 18.9 Å². The van der Waals surface area contributed by atoms with Gasteiger partial charge in [-0.3, -0.25) is 5.10 Å². The van der Waals surface area contributed by atoms with Gasteiger partial charge in [0.15, 0.2) is 0 Å². The molecule has 0 amide bonds. The molecule has 0 saturated heterocycles. The predicted molar refractivity (Wildman–Crippen MR) is 79.6 cm³/mol. The van der Waals surface area contributed by atoms with Gasteiger partial charge in [0.2, 0.25) is 0 Å². The molecule has 102 valence electrons. The lowest BCUT2D eigenvalue weighted by atomic mass is 10.1. The number of pyridine rings is 1. The third-order valence-electron chi connectivity index (χ3n) is 4.10. The van der Waals surface area contributed by atoms with E-state index in [0.29, 0.717) is 6.04 Å². The molecule has 1 aliphatic carbocycles. The number of nitrogens with one attached hydrogen (secondary N) is 3.